The van der Waals surface area contributed by atoms with Gasteiger partial charge in [-0.1, -0.05) is 0 Å². The fourth-order valence-corrected chi connectivity index (χ4v) is 1.55. The molecule has 102 valence electrons. The first-order valence-electron chi connectivity index (χ1n) is 4.87. The molecule has 0 bridgehead atoms. The average Bonchev–Trinajstić information content (AvgIpc) is 2.25. The first-order chi connectivity index (χ1) is 8.31. The fourth-order valence-electron chi connectivity index (χ4n) is 1.15. The average molecular weight is 281 g/mol. The van der Waals surface area contributed by atoms with Crippen LogP contribution < -0.4 is 11.4 Å². The van der Waals surface area contributed by atoms with Gasteiger partial charge in [-0.15, -0.1) is 0 Å². The van der Waals surface area contributed by atoms with E-state index in [1.54, 1.807) is 0 Å². The number of alkyl halides is 1. The molecule has 0 saturated carbocycles. The zero-order valence-electron chi connectivity index (χ0n) is 9.27. The van der Waals surface area contributed by atoms with E-state index in [1.807, 2.05) is 0 Å². The van der Waals surface area contributed by atoms with E-state index < -0.39 is 32.4 Å². The van der Waals surface area contributed by atoms with Gasteiger partial charge in [-0.3, -0.25) is 9.13 Å². The molecule has 1 rings (SSSR count). The number of halogens is 1. The molecule has 0 unspecified atom stereocenters. The van der Waals surface area contributed by atoms with Gasteiger partial charge in [0.05, 0.1) is 6.54 Å². The lowest BCUT2D eigenvalue weighted by Gasteiger charge is -2.16. The van der Waals surface area contributed by atoms with Crippen LogP contribution in [0.3, 0.4) is 0 Å². The summed E-state index contributed by atoms with van der Waals surface area (Å²) in [6, 6.07) is 1.35. The van der Waals surface area contributed by atoms with E-state index in [4.69, 9.17) is 15.5 Å². The van der Waals surface area contributed by atoms with Crippen LogP contribution in [0.2, 0.25) is 0 Å². The molecule has 0 aliphatic rings. The van der Waals surface area contributed by atoms with Gasteiger partial charge in [0.2, 0.25) is 0 Å². The van der Waals surface area contributed by atoms with Crippen LogP contribution in [0, 0.1) is 0 Å². The van der Waals surface area contributed by atoms with Crippen LogP contribution in [0.1, 0.15) is 0 Å². The molecule has 10 heteroatoms. The van der Waals surface area contributed by atoms with E-state index in [1.165, 1.54) is 12.3 Å². The Balaban J connectivity index is 2.68. The molecule has 0 aliphatic carbocycles. The van der Waals surface area contributed by atoms with Crippen LogP contribution in [0.15, 0.2) is 17.1 Å². The van der Waals surface area contributed by atoms with Gasteiger partial charge in [0.15, 0.2) is 0 Å². The van der Waals surface area contributed by atoms with Crippen LogP contribution in [0.5, 0.6) is 0 Å². The molecular formula is C8H13FN3O5P. The van der Waals surface area contributed by atoms with Crippen molar-refractivity contribution in [3.63, 3.8) is 0 Å². The van der Waals surface area contributed by atoms with Gasteiger partial charge in [0.25, 0.3) is 0 Å². The lowest BCUT2D eigenvalue weighted by atomic mass is 10.4. The molecule has 1 heterocycles. The lowest BCUT2D eigenvalue weighted by Crippen LogP contribution is -2.31. The van der Waals surface area contributed by atoms with Crippen LogP contribution >= 0.6 is 7.60 Å². The van der Waals surface area contributed by atoms with E-state index in [0.717, 1.165) is 4.57 Å². The molecule has 0 amide bonds. The Labute approximate surface area is 101 Å². The van der Waals surface area contributed by atoms with Gasteiger partial charge in [-0.25, -0.2) is 9.18 Å². The van der Waals surface area contributed by atoms with E-state index in [9.17, 15) is 13.8 Å². The lowest BCUT2D eigenvalue weighted by molar-refractivity contribution is 0.0430. The molecule has 0 saturated heterocycles. The van der Waals surface area contributed by atoms with Crippen molar-refractivity contribution in [2.75, 3.05) is 18.8 Å². The summed E-state index contributed by atoms with van der Waals surface area (Å²) in [5.74, 6) is 0.0317. The molecule has 0 spiro atoms. The smallest absolute Gasteiger partial charge is 0.350 e. The number of nitrogen functional groups attached to an aromatic ring is 1. The Morgan fingerprint density at radius 2 is 2.28 bits per heavy atom. The number of rotatable bonds is 6. The standard InChI is InChI=1S/C8H13FN3O5P/c9-3-6(17-5-18(14,15)16)4-12-2-1-7(10)11-8(12)13/h1-2,6H,3-5H2,(H2,10,11,13)(H2,14,15,16)/t6-/m1/s1. The van der Waals surface area contributed by atoms with Crippen LogP contribution in [0.25, 0.3) is 0 Å². The molecule has 0 aromatic carbocycles. The van der Waals surface area contributed by atoms with Gasteiger partial charge in [0, 0.05) is 6.20 Å². The van der Waals surface area contributed by atoms with Crippen molar-refractivity contribution >= 4 is 13.4 Å². The molecule has 18 heavy (non-hydrogen) atoms. The minimum atomic E-state index is -4.37. The quantitative estimate of drug-likeness (QED) is 0.589. The molecular weight excluding hydrogens is 268 g/mol. The maximum absolute atomic E-state index is 12.6. The summed E-state index contributed by atoms with van der Waals surface area (Å²) in [5, 5.41) is 0. The number of hydrogen-bond donors (Lipinski definition) is 3. The Hall–Kier alpha value is -1.28. The van der Waals surface area contributed by atoms with Crippen molar-refractivity contribution in [2.45, 2.75) is 12.6 Å². The van der Waals surface area contributed by atoms with Crippen molar-refractivity contribution in [3.05, 3.63) is 22.7 Å². The normalized spacial score (nSPS) is 13.5. The highest BCUT2D eigenvalue weighted by atomic mass is 31.2. The van der Waals surface area contributed by atoms with Crippen LogP contribution in [-0.4, -0.2) is 38.5 Å². The van der Waals surface area contributed by atoms with Gasteiger partial charge >= 0.3 is 13.3 Å². The number of nitrogens with two attached hydrogens (primary N) is 1. The number of ether oxygens (including phenoxy) is 1. The van der Waals surface area contributed by atoms with E-state index in [2.05, 4.69) is 9.72 Å². The van der Waals surface area contributed by atoms with E-state index in [-0.39, 0.29) is 12.4 Å². The Morgan fingerprint density at radius 1 is 1.61 bits per heavy atom. The highest BCUT2D eigenvalue weighted by molar-refractivity contribution is 7.51. The van der Waals surface area contributed by atoms with Crippen LogP contribution in [0.4, 0.5) is 10.2 Å². The Morgan fingerprint density at radius 3 is 2.78 bits per heavy atom. The molecule has 4 N–H and O–H groups in total. The third-order valence-corrected chi connectivity index (χ3v) is 2.43. The molecule has 0 radical (unpaired) electrons. The van der Waals surface area contributed by atoms with Crippen molar-refractivity contribution in [2.24, 2.45) is 0 Å². The zero-order chi connectivity index (χ0) is 13.8. The summed E-state index contributed by atoms with van der Waals surface area (Å²) >= 11 is 0. The largest absolute Gasteiger partial charge is 0.383 e. The van der Waals surface area contributed by atoms with Gasteiger partial charge in [-0.2, -0.15) is 4.98 Å². The van der Waals surface area contributed by atoms with Crippen molar-refractivity contribution < 1.29 is 23.5 Å². The number of hydrogen-bond acceptors (Lipinski definition) is 5. The fraction of sp³-hybridized carbons (Fsp3) is 0.500. The van der Waals surface area contributed by atoms with Crippen molar-refractivity contribution in [3.8, 4) is 0 Å². The Kier molecular flexibility index (Phi) is 4.97. The van der Waals surface area contributed by atoms with Crippen molar-refractivity contribution in [1.82, 2.24) is 9.55 Å². The molecule has 1 atom stereocenters. The SMILES string of the molecule is Nc1ccn(C[C@@H](CF)OCP(=O)(O)O)c(=O)n1. The minimum absolute atomic E-state index is 0.0317. The minimum Gasteiger partial charge on any atom is -0.383 e. The van der Waals surface area contributed by atoms with Crippen molar-refractivity contribution in [1.29, 1.82) is 0 Å². The van der Waals surface area contributed by atoms with Gasteiger partial charge in [0.1, 0.15) is 24.9 Å². The second kappa shape index (κ2) is 6.05. The maximum atomic E-state index is 12.6. The third-order valence-electron chi connectivity index (χ3n) is 1.95. The van der Waals surface area contributed by atoms with Gasteiger partial charge < -0.3 is 20.3 Å². The molecule has 1 aromatic rings. The first-order valence-corrected chi connectivity index (χ1v) is 6.66. The summed E-state index contributed by atoms with van der Waals surface area (Å²) in [6.45, 7) is -1.20. The highest BCUT2D eigenvalue weighted by Crippen LogP contribution is 2.34. The Bertz CT molecular complexity index is 502. The van der Waals surface area contributed by atoms with E-state index in [0.29, 0.717) is 0 Å². The summed E-state index contributed by atoms with van der Waals surface area (Å²) < 4.78 is 28.9. The summed E-state index contributed by atoms with van der Waals surface area (Å²) in [5.41, 5.74) is 4.59. The molecule has 0 fully saturated rings. The summed E-state index contributed by atoms with van der Waals surface area (Å²) in [6.07, 6.45) is -0.742. The monoisotopic (exact) mass is 281 g/mol. The number of nitrogens with zero attached hydrogens (tertiary/aromatic N) is 2. The zero-order valence-corrected chi connectivity index (χ0v) is 10.2. The highest BCUT2D eigenvalue weighted by Gasteiger charge is 2.18. The third kappa shape index (κ3) is 4.92. The predicted molar refractivity (Wildman–Crippen MR) is 60.7 cm³/mol. The molecule has 8 nitrogen and oxygen atoms in total. The first kappa shape index (κ1) is 14.8. The summed E-state index contributed by atoms with van der Waals surface area (Å²) in [4.78, 5) is 31.9. The molecule has 1 aromatic heterocycles. The second-order valence-corrected chi connectivity index (χ2v) is 5.11. The topological polar surface area (TPSA) is 128 Å². The predicted octanol–water partition coefficient (Wildman–Crippen LogP) is -0.685. The molecule has 0 aliphatic heterocycles. The number of anilines is 1. The number of aromatic nitrogens is 2. The van der Waals surface area contributed by atoms with E-state index >= 15 is 0 Å². The van der Waals surface area contributed by atoms with Gasteiger partial charge in [-0.05, 0) is 6.07 Å². The maximum Gasteiger partial charge on any atom is 0.350 e. The van der Waals surface area contributed by atoms with Crippen LogP contribution in [-0.2, 0) is 15.8 Å². The summed E-state index contributed by atoms with van der Waals surface area (Å²) in [7, 11) is -4.37. The second-order valence-electron chi connectivity index (χ2n) is 3.52.